The lowest BCUT2D eigenvalue weighted by molar-refractivity contribution is 0.326. The van der Waals surface area contributed by atoms with Crippen LogP contribution in [0.15, 0.2) is 18.2 Å². The van der Waals surface area contributed by atoms with E-state index in [2.05, 4.69) is 18.3 Å². The van der Waals surface area contributed by atoms with Crippen molar-refractivity contribution in [3.8, 4) is 0 Å². The molecule has 112 valence electrons. The summed E-state index contributed by atoms with van der Waals surface area (Å²) in [4.78, 5) is 0. The van der Waals surface area contributed by atoms with E-state index in [0.29, 0.717) is 17.0 Å². The third-order valence-electron chi connectivity index (χ3n) is 4.30. The summed E-state index contributed by atoms with van der Waals surface area (Å²) in [6.07, 6.45) is 9.16. The summed E-state index contributed by atoms with van der Waals surface area (Å²) in [7, 11) is 0. The highest BCUT2D eigenvalue weighted by Crippen LogP contribution is 2.38. The first-order valence-electron chi connectivity index (χ1n) is 7.91. The van der Waals surface area contributed by atoms with Gasteiger partial charge < -0.3 is 5.32 Å². The maximum absolute atomic E-state index is 6.45. The normalized spacial score (nSPS) is 18.8. The van der Waals surface area contributed by atoms with E-state index in [1.165, 1.54) is 44.1 Å². The Bertz CT molecular complexity index is 411. The molecule has 1 atom stereocenters. The molecule has 1 aliphatic carbocycles. The molecule has 3 heteroatoms. The molecule has 0 amide bonds. The molecule has 0 aromatic heterocycles. The van der Waals surface area contributed by atoms with Gasteiger partial charge in [-0.25, -0.2) is 0 Å². The van der Waals surface area contributed by atoms with Crippen molar-refractivity contribution in [3.63, 3.8) is 0 Å². The standard InChI is InChI=1S/C17H25Cl2N/c1-2-12-20-17(13-8-5-3-4-6-9-13)14-10-7-11-15(18)16(14)19/h7,10-11,13,17,20H,2-6,8-9,12H2,1H3. The summed E-state index contributed by atoms with van der Waals surface area (Å²) in [6.45, 7) is 3.24. The summed E-state index contributed by atoms with van der Waals surface area (Å²) in [5, 5.41) is 5.10. The second kappa shape index (κ2) is 8.26. The van der Waals surface area contributed by atoms with Gasteiger partial charge >= 0.3 is 0 Å². The second-order valence-corrected chi connectivity index (χ2v) is 6.61. The SMILES string of the molecule is CCCNC(c1cccc(Cl)c1Cl)C1CCCCCC1. The van der Waals surface area contributed by atoms with Crippen molar-refractivity contribution in [2.75, 3.05) is 6.54 Å². The lowest BCUT2D eigenvalue weighted by Gasteiger charge is -2.29. The van der Waals surface area contributed by atoms with Crippen LogP contribution in [0.3, 0.4) is 0 Å². The fraction of sp³-hybridized carbons (Fsp3) is 0.647. The van der Waals surface area contributed by atoms with Crippen LogP contribution in [-0.2, 0) is 0 Å². The van der Waals surface area contributed by atoms with Crippen molar-refractivity contribution >= 4 is 23.2 Å². The number of halogens is 2. The zero-order chi connectivity index (χ0) is 14.4. The van der Waals surface area contributed by atoms with Gasteiger partial charge in [0.2, 0.25) is 0 Å². The van der Waals surface area contributed by atoms with E-state index in [9.17, 15) is 0 Å². The molecule has 0 bridgehead atoms. The minimum absolute atomic E-state index is 0.347. The minimum Gasteiger partial charge on any atom is -0.310 e. The molecule has 0 radical (unpaired) electrons. The number of rotatable bonds is 5. The molecule has 1 nitrogen and oxygen atoms in total. The van der Waals surface area contributed by atoms with Gasteiger partial charge in [0, 0.05) is 6.04 Å². The molecule has 2 rings (SSSR count). The van der Waals surface area contributed by atoms with E-state index in [0.717, 1.165) is 18.0 Å². The van der Waals surface area contributed by atoms with Crippen LogP contribution in [-0.4, -0.2) is 6.54 Å². The largest absolute Gasteiger partial charge is 0.310 e. The van der Waals surface area contributed by atoms with Gasteiger partial charge in [-0.1, -0.05) is 67.9 Å². The summed E-state index contributed by atoms with van der Waals surface area (Å²) in [5.41, 5.74) is 1.18. The topological polar surface area (TPSA) is 12.0 Å². The molecule has 1 aromatic rings. The van der Waals surface area contributed by atoms with Crippen LogP contribution in [0.4, 0.5) is 0 Å². The average Bonchev–Trinajstić information content (AvgIpc) is 2.73. The predicted octanol–water partition coefficient (Wildman–Crippen LogP) is 6.00. The van der Waals surface area contributed by atoms with Gasteiger partial charge in [0.1, 0.15) is 0 Å². The first kappa shape index (κ1) is 16.1. The zero-order valence-corrected chi connectivity index (χ0v) is 13.8. The molecule has 0 heterocycles. The Labute approximate surface area is 133 Å². The number of hydrogen-bond donors (Lipinski definition) is 1. The fourth-order valence-electron chi connectivity index (χ4n) is 3.24. The minimum atomic E-state index is 0.347. The molecule has 1 fully saturated rings. The third kappa shape index (κ3) is 4.13. The highest BCUT2D eigenvalue weighted by atomic mass is 35.5. The Kier molecular flexibility index (Phi) is 6.67. The van der Waals surface area contributed by atoms with E-state index in [1.54, 1.807) is 0 Å². The van der Waals surface area contributed by atoms with E-state index < -0.39 is 0 Å². The molecule has 1 aliphatic rings. The molecule has 1 unspecified atom stereocenters. The first-order valence-corrected chi connectivity index (χ1v) is 8.67. The van der Waals surface area contributed by atoms with Crippen molar-refractivity contribution < 1.29 is 0 Å². The molecule has 20 heavy (non-hydrogen) atoms. The van der Waals surface area contributed by atoms with E-state index in [1.807, 2.05) is 12.1 Å². The van der Waals surface area contributed by atoms with E-state index in [4.69, 9.17) is 23.2 Å². The highest BCUT2D eigenvalue weighted by Gasteiger charge is 2.25. The lowest BCUT2D eigenvalue weighted by atomic mass is 9.87. The summed E-state index contributed by atoms with van der Waals surface area (Å²) in [5.74, 6) is 0.681. The molecule has 1 aromatic carbocycles. The van der Waals surface area contributed by atoms with Crippen LogP contribution < -0.4 is 5.32 Å². The highest BCUT2D eigenvalue weighted by molar-refractivity contribution is 6.42. The van der Waals surface area contributed by atoms with Crippen molar-refractivity contribution in [3.05, 3.63) is 33.8 Å². The monoisotopic (exact) mass is 313 g/mol. The van der Waals surface area contributed by atoms with Crippen molar-refractivity contribution in [2.24, 2.45) is 5.92 Å². The smallest absolute Gasteiger partial charge is 0.0640 e. The Morgan fingerprint density at radius 2 is 1.85 bits per heavy atom. The van der Waals surface area contributed by atoms with Crippen LogP contribution in [0, 0.1) is 5.92 Å². The maximum Gasteiger partial charge on any atom is 0.0640 e. The summed E-state index contributed by atoms with van der Waals surface area (Å²) >= 11 is 12.7. The van der Waals surface area contributed by atoms with Gasteiger partial charge in [-0.2, -0.15) is 0 Å². The Balaban J connectivity index is 2.23. The van der Waals surface area contributed by atoms with Crippen molar-refractivity contribution in [2.45, 2.75) is 57.9 Å². The van der Waals surface area contributed by atoms with Gasteiger partial charge in [-0.05, 0) is 43.4 Å². The van der Waals surface area contributed by atoms with Crippen LogP contribution in [0.25, 0.3) is 0 Å². The predicted molar refractivity (Wildman–Crippen MR) is 88.7 cm³/mol. The molecule has 0 aliphatic heterocycles. The molecular weight excluding hydrogens is 289 g/mol. The quantitative estimate of drug-likeness (QED) is 0.657. The van der Waals surface area contributed by atoms with Gasteiger partial charge in [0.05, 0.1) is 10.0 Å². The van der Waals surface area contributed by atoms with Crippen LogP contribution >= 0.6 is 23.2 Å². The summed E-state index contributed by atoms with van der Waals surface area (Å²) < 4.78 is 0. The first-order chi connectivity index (χ1) is 9.74. The number of nitrogens with one attached hydrogen (secondary N) is 1. The van der Waals surface area contributed by atoms with E-state index in [-0.39, 0.29) is 0 Å². The summed E-state index contributed by atoms with van der Waals surface area (Å²) in [6, 6.07) is 6.37. The average molecular weight is 314 g/mol. The molecule has 0 saturated heterocycles. The van der Waals surface area contributed by atoms with Crippen molar-refractivity contribution in [1.82, 2.24) is 5.32 Å². The fourth-order valence-corrected chi connectivity index (χ4v) is 3.66. The van der Waals surface area contributed by atoms with Gasteiger partial charge in [0.25, 0.3) is 0 Å². The molecule has 1 saturated carbocycles. The van der Waals surface area contributed by atoms with Gasteiger partial charge in [0.15, 0.2) is 0 Å². The Hall–Kier alpha value is -0.240. The van der Waals surface area contributed by atoms with Crippen molar-refractivity contribution in [1.29, 1.82) is 0 Å². The van der Waals surface area contributed by atoms with Gasteiger partial charge in [-0.3, -0.25) is 0 Å². The lowest BCUT2D eigenvalue weighted by Crippen LogP contribution is -2.29. The number of benzene rings is 1. The second-order valence-electron chi connectivity index (χ2n) is 5.83. The number of hydrogen-bond acceptors (Lipinski definition) is 1. The Morgan fingerprint density at radius 3 is 2.50 bits per heavy atom. The third-order valence-corrected chi connectivity index (χ3v) is 5.14. The van der Waals surface area contributed by atoms with Crippen LogP contribution in [0.5, 0.6) is 0 Å². The van der Waals surface area contributed by atoms with Gasteiger partial charge in [-0.15, -0.1) is 0 Å². The molecule has 1 N–H and O–H groups in total. The van der Waals surface area contributed by atoms with Crippen LogP contribution in [0.1, 0.15) is 63.5 Å². The zero-order valence-electron chi connectivity index (χ0n) is 12.3. The molecular formula is C17H25Cl2N. The van der Waals surface area contributed by atoms with E-state index >= 15 is 0 Å². The Morgan fingerprint density at radius 1 is 1.15 bits per heavy atom. The molecule has 0 spiro atoms. The maximum atomic E-state index is 6.45. The van der Waals surface area contributed by atoms with Crippen LogP contribution in [0.2, 0.25) is 10.0 Å².